The molecule has 0 bridgehead atoms. The van der Waals surface area contributed by atoms with Crippen molar-refractivity contribution in [3.05, 3.63) is 78.0 Å². The molecule has 2 aromatic carbocycles. The number of hydrogen-bond acceptors (Lipinski definition) is 4. The minimum Gasteiger partial charge on any atom is -0.378 e. The van der Waals surface area contributed by atoms with Crippen molar-refractivity contribution >= 4 is 34.5 Å². The minimum atomic E-state index is -0.431. The van der Waals surface area contributed by atoms with Crippen LogP contribution in [-0.4, -0.2) is 30.9 Å². The zero-order chi connectivity index (χ0) is 19.2. The summed E-state index contributed by atoms with van der Waals surface area (Å²) in [7, 11) is 3.79. The first-order valence-electron chi connectivity index (χ1n) is 8.44. The molecular formula is C21H20N4O2. The summed E-state index contributed by atoms with van der Waals surface area (Å²) < 4.78 is 0. The van der Waals surface area contributed by atoms with Crippen LogP contribution < -0.4 is 15.8 Å². The first-order chi connectivity index (χ1) is 13.0. The van der Waals surface area contributed by atoms with Crippen LogP contribution in [-0.2, 0) is 4.79 Å². The van der Waals surface area contributed by atoms with Gasteiger partial charge in [-0.25, -0.2) is 0 Å². The van der Waals surface area contributed by atoms with E-state index in [2.05, 4.69) is 15.8 Å². The Morgan fingerprint density at radius 1 is 1.00 bits per heavy atom. The van der Waals surface area contributed by atoms with Crippen molar-refractivity contribution in [2.75, 3.05) is 19.0 Å². The summed E-state index contributed by atoms with van der Waals surface area (Å²) in [5.74, 6) is -0.813. The Labute approximate surface area is 157 Å². The molecule has 0 unspecified atom stereocenters. The third-order valence-electron chi connectivity index (χ3n) is 4.00. The van der Waals surface area contributed by atoms with Crippen LogP contribution in [0.15, 0.2) is 66.9 Å². The summed E-state index contributed by atoms with van der Waals surface area (Å²) in [6.07, 6.45) is 4.74. The van der Waals surface area contributed by atoms with Crippen LogP contribution in [0.1, 0.15) is 15.9 Å². The normalized spacial score (nSPS) is 10.7. The molecule has 0 saturated heterocycles. The molecule has 27 heavy (non-hydrogen) atoms. The van der Waals surface area contributed by atoms with Gasteiger partial charge in [-0.3, -0.25) is 25.4 Å². The number of carbonyl (C=O) groups excluding carboxylic acids is 2. The average molecular weight is 360 g/mol. The van der Waals surface area contributed by atoms with Gasteiger partial charge >= 0.3 is 0 Å². The predicted molar refractivity (Wildman–Crippen MR) is 107 cm³/mol. The Balaban J connectivity index is 1.63. The Morgan fingerprint density at radius 2 is 1.78 bits per heavy atom. The molecule has 0 aliphatic heterocycles. The fraction of sp³-hybridized carbons (Fsp3) is 0.0952. The number of hydrogen-bond donors (Lipinski definition) is 2. The summed E-state index contributed by atoms with van der Waals surface area (Å²) in [4.78, 5) is 30.5. The number of nitrogens with zero attached hydrogens (tertiary/aromatic N) is 2. The van der Waals surface area contributed by atoms with Gasteiger partial charge in [-0.1, -0.05) is 30.3 Å². The van der Waals surface area contributed by atoms with E-state index in [-0.39, 0.29) is 5.91 Å². The largest absolute Gasteiger partial charge is 0.378 e. The molecule has 3 aromatic rings. The van der Waals surface area contributed by atoms with Crippen LogP contribution in [0.4, 0.5) is 5.69 Å². The maximum atomic E-state index is 12.2. The molecule has 6 heteroatoms. The van der Waals surface area contributed by atoms with E-state index >= 15 is 0 Å². The van der Waals surface area contributed by atoms with Gasteiger partial charge in [0.1, 0.15) is 0 Å². The number of para-hydroxylation sites is 1. The van der Waals surface area contributed by atoms with Crippen LogP contribution in [0.25, 0.3) is 17.0 Å². The van der Waals surface area contributed by atoms with Gasteiger partial charge in [0, 0.05) is 48.6 Å². The lowest BCUT2D eigenvalue weighted by Gasteiger charge is -2.13. The molecule has 3 rings (SSSR count). The molecule has 0 saturated carbocycles. The van der Waals surface area contributed by atoms with E-state index in [1.54, 1.807) is 30.5 Å². The van der Waals surface area contributed by atoms with Crippen molar-refractivity contribution in [2.24, 2.45) is 0 Å². The summed E-state index contributed by atoms with van der Waals surface area (Å²) in [6.45, 7) is 0. The standard InChI is InChI=1S/C21H20N4O2/c1-25(2)18-10-4-8-17(14-18)21(27)24-23-19(26)12-11-16-7-3-6-15-9-5-13-22-20(15)16/h3-14H,1-2H3,(H,23,26)(H,24,27)/b12-11+. The zero-order valence-corrected chi connectivity index (χ0v) is 15.1. The number of nitrogens with one attached hydrogen (secondary N) is 2. The second-order valence-electron chi connectivity index (χ2n) is 6.14. The lowest BCUT2D eigenvalue weighted by molar-refractivity contribution is -0.117. The van der Waals surface area contributed by atoms with Crippen molar-refractivity contribution in [3.8, 4) is 0 Å². The first-order valence-corrected chi connectivity index (χ1v) is 8.44. The summed E-state index contributed by atoms with van der Waals surface area (Å²) in [5.41, 5.74) is 7.81. The fourth-order valence-corrected chi connectivity index (χ4v) is 2.59. The van der Waals surface area contributed by atoms with Crippen molar-refractivity contribution in [1.29, 1.82) is 0 Å². The Bertz CT molecular complexity index is 1010. The topological polar surface area (TPSA) is 74.3 Å². The van der Waals surface area contributed by atoms with Gasteiger partial charge < -0.3 is 4.90 Å². The van der Waals surface area contributed by atoms with E-state index in [1.807, 2.05) is 55.4 Å². The quantitative estimate of drug-likeness (QED) is 0.554. The molecular weight excluding hydrogens is 340 g/mol. The average Bonchev–Trinajstić information content (AvgIpc) is 2.70. The van der Waals surface area contributed by atoms with Gasteiger partial charge in [0.05, 0.1) is 5.52 Å². The van der Waals surface area contributed by atoms with Gasteiger partial charge in [0.25, 0.3) is 11.8 Å². The molecule has 0 spiro atoms. The number of anilines is 1. The fourth-order valence-electron chi connectivity index (χ4n) is 2.59. The summed E-state index contributed by atoms with van der Waals surface area (Å²) >= 11 is 0. The van der Waals surface area contributed by atoms with Crippen molar-refractivity contribution in [2.45, 2.75) is 0 Å². The lowest BCUT2D eigenvalue weighted by Crippen LogP contribution is -2.40. The van der Waals surface area contributed by atoms with Crippen molar-refractivity contribution in [3.63, 3.8) is 0 Å². The molecule has 2 N–H and O–H groups in total. The number of amides is 2. The van der Waals surface area contributed by atoms with Gasteiger partial charge in [0.2, 0.25) is 0 Å². The number of aromatic nitrogens is 1. The molecule has 6 nitrogen and oxygen atoms in total. The smallest absolute Gasteiger partial charge is 0.269 e. The number of carbonyl (C=O) groups is 2. The highest BCUT2D eigenvalue weighted by Gasteiger charge is 2.07. The van der Waals surface area contributed by atoms with Crippen LogP contribution >= 0.6 is 0 Å². The molecule has 0 aliphatic rings. The maximum absolute atomic E-state index is 12.2. The number of benzene rings is 2. The number of rotatable bonds is 4. The van der Waals surface area contributed by atoms with E-state index < -0.39 is 5.91 Å². The molecule has 2 amide bonds. The van der Waals surface area contributed by atoms with E-state index in [9.17, 15) is 9.59 Å². The summed E-state index contributed by atoms with van der Waals surface area (Å²) in [6, 6.07) is 16.7. The van der Waals surface area contributed by atoms with Gasteiger partial charge in [-0.05, 0) is 30.3 Å². The van der Waals surface area contributed by atoms with Crippen LogP contribution in [0.3, 0.4) is 0 Å². The molecule has 0 fully saturated rings. The van der Waals surface area contributed by atoms with E-state index in [0.717, 1.165) is 22.2 Å². The first kappa shape index (κ1) is 18.1. The molecule has 0 atom stereocenters. The monoisotopic (exact) mass is 360 g/mol. The molecule has 136 valence electrons. The predicted octanol–water partition coefficient (Wildman–Crippen LogP) is 2.78. The third-order valence-corrected chi connectivity index (χ3v) is 4.00. The van der Waals surface area contributed by atoms with E-state index in [0.29, 0.717) is 5.56 Å². The highest BCUT2D eigenvalue weighted by Crippen LogP contribution is 2.17. The Kier molecular flexibility index (Phi) is 5.47. The summed E-state index contributed by atoms with van der Waals surface area (Å²) in [5, 5.41) is 0.995. The van der Waals surface area contributed by atoms with Crippen molar-refractivity contribution < 1.29 is 9.59 Å². The van der Waals surface area contributed by atoms with Gasteiger partial charge in [-0.15, -0.1) is 0 Å². The van der Waals surface area contributed by atoms with Crippen LogP contribution in [0.2, 0.25) is 0 Å². The zero-order valence-electron chi connectivity index (χ0n) is 15.1. The molecule has 1 heterocycles. The highest BCUT2D eigenvalue weighted by atomic mass is 16.2. The second-order valence-corrected chi connectivity index (χ2v) is 6.14. The minimum absolute atomic E-state index is 0.382. The van der Waals surface area contributed by atoms with Gasteiger partial charge in [0.15, 0.2) is 0 Å². The number of pyridine rings is 1. The Hall–Kier alpha value is -3.67. The van der Waals surface area contributed by atoms with E-state index in [1.165, 1.54) is 6.08 Å². The third kappa shape index (κ3) is 4.49. The van der Waals surface area contributed by atoms with Crippen LogP contribution in [0.5, 0.6) is 0 Å². The van der Waals surface area contributed by atoms with Crippen LogP contribution in [0, 0.1) is 0 Å². The van der Waals surface area contributed by atoms with E-state index in [4.69, 9.17) is 0 Å². The molecule has 0 radical (unpaired) electrons. The molecule has 1 aromatic heterocycles. The highest BCUT2D eigenvalue weighted by molar-refractivity contribution is 5.99. The maximum Gasteiger partial charge on any atom is 0.269 e. The second kappa shape index (κ2) is 8.14. The van der Waals surface area contributed by atoms with Crippen molar-refractivity contribution in [1.82, 2.24) is 15.8 Å². The molecule has 0 aliphatic carbocycles. The SMILES string of the molecule is CN(C)c1cccc(C(=O)NNC(=O)/C=C/c2cccc3cccnc23)c1. The van der Waals surface area contributed by atoms with Gasteiger partial charge in [-0.2, -0.15) is 0 Å². The number of fused-ring (bicyclic) bond motifs is 1. The Morgan fingerprint density at radius 3 is 2.59 bits per heavy atom. The number of hydrazine groups is 1. The lowest BCUT2D eigenvalue weighted by atomic mass is 10.1.